The van der Waals surface area contributed by atoms with Gasteiger partial charge in [0.25, 0.3) is 0 Å². The van der Waals surface area contributed by atoms with Gasteiger partial charge in [-0.05, 0) is 101 Å². The van der Waals surface area contributed by atoms with Crippen molar-refractivity contribution in [2.24, 2.45) is 0 Å². The van der Waals surface area contributed by atoms with Crippen molar-refractivity contribution >= 4 is 60.9 Å². The average Bonchev–Trinajstić information content (AvgIpc) is 3.80. The first kappa shape index (κ1) is 32.6. The number of hydrogen-bond donors (Lipinski definition) is 0. The number of hydrogen-bond acceptors (Lipinski definition) is 3. The lowest BCUT2D eigenvalue weighted by atomic mass is 10.00. The highest BCUT2D eigenvalue weighted by molar-refractivity contribution is 6.09. The molecule has 0 saturated carbocycles. The van der Waals surface area contributed by atoms with Gasteiger partial charge in [0, 0.05) is 44.2 Å². The van der Waals surface area contributed by atoms with E-state index in [1.165, 1.54) is 12.1 Å². The molecule has 0 saturated heterocycles. The minimum absolute atomic E-state index is 0.501. The Morgan fingerprint density at radius 2 is 0.909 bits per heavy atom. The van der Waals surface area contributed by atoms with Crippen LogP contribution in [0, 0.1) is 0 Å². The molecule has 8 aromatic carbocycles. The lowest BCUT2D eigenvalue weighted by Gasteiger charge is -2.26. The van der Waals surface area contributed by atoms with Gasteiger partial charge in [-0.1, -0.05) is 109 Å². The molecule has 0 aliphatic rings. The average molecular weight is 722 g/mol. The molecule has 0 atom stereocenters. The number of anilines is 3. The van der Waals surface area contributed by atoms with E-state index in [0.717, 1.165) is 89.3 Å². The molecular formula is C49H30F3NO2. The van der Waals surface area contributed by atoms with Crippen LogP contribution in [0.3, 0.4) is 0 Å². The number of fused-ring (bicyclic) bond motifs is 6. The Morgan fingerprint density at radius 3 is 1.64 bits per heavy atom. The third-order valence-corrected chi connectivity index (χ3v) is 10.3. The van der Waals surface area contributed by atoms with Crippen LogP contribution in [0.25, 0.3) is 77.3 Å². The SMILES string of the molecule is FC(F)(F)c1cccc(-c2ccc(N(c3ccc(-c4cccc5c4oc4ccccc45)cc3)c3cccc(-c4ccc5oc6ccccc6c5c4)c3)cc2)c1. The molecule has 0 bridgehead atoms. The maximum atomic E-state index is 13.6. The third kappa shape index (κ3) is 5.79. The summed E-state index contributed by atoms with van der Waals surface area (Å²) in [5.74, 6) is 0. The molecule has 55 heavy (non-hydrogen) atoms. The predicted octanol–water partition coefficient (Wildman–Crippen LogP) is 15.0. The molecule has 0 aliphatic heterocycles. The predicted molar refractivity (Wildman–Crippen MR) is 217 cm³/mol. The van der Waals surface area contributed by atoms with Crippen molar-refractivity contribution in [1.29, 1.82) is 0 Å². The Balaban J connectivity index is 1.07. The van der Waals surface area contributed by atoms with Crippen molar-refractivity contribution in [2.45, 2.75) is 6.18 Å². The lowest BCUT2D eigenvalue weighted by Crippen LogP contribution is -2.10. The van der Waals surface area contributed by atoms with Crippen molar-refractivity contribution in [3.05, 3.63) is 188 Å². The number of benzene rings is 8. The monoisotopic (exact) mass is 721 g/mol. The first-order chi connectivity index (χ1) is 26.9. The third-order valence-electron chi connectivity index (χ3n) is 10.3. The zero-order valence-electron chi connectivity index (χ0n) is 29.2. The van der Waals surface area contributed by atoms with E-state index in [2.05, 4.69) is 89.8 Å². The summed E-state index contributed by atoms with van der Waals surface area (Å²) in [5, 5.41) is 4.26. The summed E-state index contributed by atoms with van der Waals surface area (Å²) in [6.45, 7) is 0. The minimum Gasteiger partial charge on any atom is -0.456 e. The standard InChI is InChI=1S/C49H30F3NO2/c50-49(51,52)36-10-5-8-33(28-36)31-18-23-37(24-19-31)53(38-25-20-32(21-26-38)40-14-7-15-43-41-12-1-4-17-46(41)55-48(40)43)39-11-6-9-34(29-39)35-22-27-47-44(30-35)42-13-2-3-16-45(42)54-47/h1-30H. The fourth-order valence-corrected chi connectivity index (χ4v) is 7.62. The van der Waals surface area contributed by atoms with E-state index in [1.807, 2.05) is 72.8 Å². The maximum absolute atomic E-state index is 13.6. The quantitative estimate of drug-likeness (QED) is 0.171. The molecule has 6 heteroatoms. The molecule has 0 amide bonds. The molecule has 3 nitrogen and oxygen atoms in total. The molecule has 2 aromatic heterocycles. The normalized spacial score (nSPS) is 11.9. The first-order valence-corrected chi connectivity index (χ1v) is 18.0. The highest BCUT2D eigenvalue weighted by Crippen LogP contribution is 2.41. The molecule has 0 fully saturated rings. The second-order valence-corrected chi connectivity index (χ2v) is 13.6. The smallest absolute Gasteiger partial charge is 0.416 e. The Labute approximate surface area is 314 Å². The Kier molecular flexibility index (Phi) is 7.59. The van der Waals surface area contributed by atoms with Gasteiger partial charge in [-0.25, -0.2) is 0 Å². The molecule has 0 radical (unpaired) electrons. The molecule has 0 aliphatic carbocycles. The van der Waals surface area contributed by atoms with Crippen LogP contribution in [-0.2, 0) is 6.18 Å². The lowest BCUT2D eigenvalue weighted by molar-refractivity contribution is -0.137. The number of nitrogens with zero attached hydrogens (tertiary/aromatic N) is 1. The zero-order chi connectivity index (χ0) is 37.1. The summed E-state index contributed by atoms with van der Waals surface area (Å²) < 4.78 is 53.1. The number of rotatable bonds is 6. The minimum atomic E-state index is -4.42. The van der Waals surface area contributed by atoms with Crippen LogP contribution >= 0.6 is 0 Å². The number of halogens is 3. The van der Waals surface area contributed by atoms with Crippen LogP contribution in [0.4, 0.5) is 30.2 Å². The summed E-state index contributed by atoms with van der Waals surface area (Å²) in [6.07, 6.45) is -4.42. The fraction of sp³-hybridized carbons (Fsp3) is 0.0204. The molecule has 0 spiro atoms. The number of alkyl halides is 3. The van der Waals surface area contributed by atoms with E-state index in [1.54, 1.807) is 6.07 Å². The van der Waals surface area contributed by atoms with Crippen molar-refractivity contribution in [1.82, 2.24) is 0 Å². The van der Waals surface area contributed by atoms with Crippen LogP contribution in [0.5, 0.6) is 0 Å². The fourth-order valence-electron chi connectivity index (χ4n) is 7.62. The molecule has 0 N–H and O–H groups in total. The molecule has 10 aromatic rings. The molecular weight excluding hydrogens is 692 g/mol. The van der Waals surface area contributed by atoms with Gasteiger partial charge in [-0.2, -0.15) is 13.2 Å². The van der Waals surface area contributed by atoms with Gasteiger partial charge in [0.1, 0.15) is 22.3 Å². The summed E-state index contributed by atoms with van der Waals surface area (Å²) in [4.78, 5) is 2.16. The first-order valence-electron chi connectivity index (χ1n) is 18.0. The number of furan rings is 2. The van der Waals surface area contributed by atoms with Gasteiger partial charge in [-0.15, -0.1) is 0 Å². The van der Waals surface area contributed by atoms with Crippen LogP contribution < -0.4 is 4.90 Å². The highest BCUT2D eigenvalue weighted by Gasteiger charge is 2.30. The maximum Gasteiger partial charge on any atom is 0.416 e. The second kappa shape index (κ2) is 12.8. The molecule has 264 valence electrons. The van der Waals surface area contributed by atoms with Crippen molar-refractivity contribution in [3.8, 4) is 33.4 Å². The van der Waals surface area contributed by atoms with Crippen molar-refractivity contribution in [2.75, 3.05) is 4.90 Å². The van der Waals surface area contributed by atoms with Crippen molar-refractivity contribution < 1.29 is 22.0 Å². The van der Waals surface area contributed by atoms with E-state index >= 15 is 0 Å². The van der Waals surface area contributed by atoms with E-state index in [4.69, 9.17) is 8.83 Å². The van der Waals surface area contributed by atoms with Crippen LogP contribution in [-0.4, -0.2) is 0 Å². The zero-order valence-corrected chi connectivity index (χ0v) is 29.2. The van der Waals surface area contributed by atoms with Gasteiger partial charge < -0.3 is 13.7 Å². The van der Waals surface area contributed by atoms with Gasteiger partial charge in [0.15, 0.2) is 0 Å². The Bertz CT molecular complexity index is 3030. The summed E-state index contributed by atoms with van der Waals surface area (Å²) >= 11 is 0. The van der Waals surface area contributed by atoms with Crippen LogP contribution in [0.15, 0.2) is 191 Å². The van der Waals surface area contributed by atoms with Gasteiger partial charge in [0.05, 0.1) is 5.56 Å². The van der Waals surface area contributed by atoms with E-state index < -0.39 is 11.7 Å². The Morgan fingerprint density at radius 1 is 0.364 bits per heavy atom. The summed E-state index contributed by atoms with van der Waals surface area (Å²) in [5.41, 5.74) is 10.7. The van der Waals surface area contributed by atoms with Gasteiger partial charge in [-0.3, -0.25) is 0 Å². The van der Waals surface area contributed by atoms with Crippen LogP contribution in [0.2, 0.25) is 0 Å². The molecule has 10 rings (SSSR count). The summed E-state index contributed by atoms with van der Waals surface area (Å²) in [6, 6.07) is 58.4. The van der Waals surface area contributed by atoms with Crippen molar-refractivity contribution in [3.63, 3.8) is 0 Å². The van der Waals surface area contributed by atoms with E-state index in [9.17, 15) is 13.2 Å². The van der Waals surface area contributed by atoms with E-state index in [-0.39, 0.29) is 0 Å². The number of para-hydroxylation sites is 3. The molecule has 2 heterocycles. The molecule has 0 unspecified atom stereocenters. The van der Waals surface area contributed by atoms with Crippen LogP contribution in [0.1, 0.15) is 5.56 Å². The van der Waals surface area contributed by atoms with Gasteiger partial charge >= 0.3 is 6.18 Å². The van der Waals surface area contributed by atoms with E-state index in [0.29, 0.717) is 11.1 Å². The highest BCUT2D eigenvalue weighted by atomic mass is 19.4. The Hall–Kier alpha value is -7.05. The second-order valence-electron chi connectivity index (χ2n) is 13.6. The topological polar surface area (TPSA) is 29.5 Å². The largest absolute Gasteiger partial charge is 0.456 e. The summed E-state index contributed by atoms with van der Waals surface area (Å²) in [7, 11) is 0. The van der Waals surface area contributed by atoms with Gasteiger partial charge in [0.2, 0.25) is 0 Å².